The van der Waals surface area contributed by atoms with Crippen LogP contribution in [0, 0.1) is 0 Å². The summed E-state index contributed by atoms with van der Waals surface area (Å²) >= 11 is 0. The van der Waals surface area contributed by atoms with Crippen LogP contribution in [0.1, 0.15) is 13.8 Å². The molecule has 5 heteroatoms. The molecule has 5 nitrogen and oxygen atoms in total. The van der Waals surface area contributed by atoms with E-state index < -0.39 is 0 Å². The van der Waals surface area contributed by atoms with E-state index in [2.05, 4.69) is 9.97 Å². The second-order valence-electron chi connectivity index (χ2n) is 4.41. The lowest BCUT2D eigenvalue weighted by molar-refractivity contribution is 0.0634. The zero-order valence-electron chi connectivity index (χ0n) is 11.7. The number of benzene rings is 1. The summed E-state index contributed by atoms with van der Waals surface area (Å²) in [5, 5.41) is 0. The summed E-state index contributed by atoms with van der Waals surface area (Å²) < 4.78 is 11.0. The van der Waals surface area contributed by atoms with Crippen molar-refractivity contribution in [1.82, 2.24) is 9.97 Å². The quantitative estimate of drug-likeness (QED) is 0.875. The molecule has 0 bridgehead atoms. The van der Waals surface area contributed by atoms with Crippen LogP contribution in [0.2, 0.25) is 0 Å². The molecule has 2 aromatic rings. The molecule has 0 aliphatic rings. The molecule has 0 fully saturated rings. The molecule has 2 rings (SSSR count). The monoisotopic (exact) mass is 273 g/mol. The van der Waals surface area contributed by atoms with Crippen molar-refractivity contribution in [2.24, 2.45) is 0 Å². The van der Waals surface area contributed by atoms with Crippen LogP contribution in [0.4, 0.5) is 5.82 Å². The minimum absolute atomic E-state index is 0.0899. The van der Waals surface area contributed by atoms with Crippen LogP contribution < -0.4 is 10.5 Å². The summed E-state index contributed by atoms with van der Waals surface area (Å²) in [6.45, 7) is 5.05. The molecule has 0 radical (unpaired) electrons. The molecule has 0 spiro atoms. The number of hydrogen-bond donors (Lipinski definition) is 1. The summed E-state index contributed by atoms with van der Waals surface area (Å²) in [7, 11) is 0. The van der Waals surface area contributed by atoms with Crippen molar-refractivity contribution < 1.29 is 9.47 Å². The Kier molecular flexibility index (Phi) is 4.90. The fraction of sp³-hybridized carbons (Fsp3) is 0.333. The van der Waals surface area contributed by atoms with Crippen molar-refractivity contribution in [2.75, 3.05) is 18.9 Å². The summed E-state index contributed by atoms with van der Waals surface area (Å²) in [6.07, 6.45) is -0.0899. The van der Waals surface area contributed by atoms with E-state index in [0.717, 1.165) is 5.56 Å². The molecule has 2 N–H and O–H groups in total. The van der Waals surface area contributed by atoms with Crippen LogP contribution in [-0.4, -0.2) is 29.3 Å². The van der Waals surface area contributed by atoms with E-state index in [0.29, 0.717) is 30.7 Å². The average molecular weight is 273 g/mol. The molecule has 1 aromatic heterocycles. The largest absolute Gasteiger partial charge is 0.472 e. The van der Waals surface area contributed by atoms with Crippen LogP contribution in [0.3, 0.4) is 0 Å². The predicted molar refractivity (Wildman–Crippen MR) is 78.5 cm³/mol. The Labute approximate surface area is 118 Å². The topological polar surface area (TPSA) is 70.3 Å². The zero-order valence-corrected chi connectivity index (χ0v) is 11.7. The van der Waals surface area contributed by atoms with Gasteiger partial charge in [0.1, 0.15) is 11.9 Å². The fourth-order valence-electron chi connectivity index (χ4n) is 1.74. The van der Waals surface area contributed by atoms with Gasteiger partial charge >= 0.3 is 0 Å². The Morgan fingerprint density at radius 3 is 2.65 bits per heavy atom. The lowest BCUT2D eigenvalue weighted by Gasteiger charge is -2.14. The summed E-state index contributed by atoms with van der Waals surface area (Å²) in [4.78, 5) is 8.61. The van der Waals surface area contributed by atoms with Gasteiger partial charge in [-0.1, -0.05) is 30.3 Å². The van der Waals surface area contributed by atoms with Crippen LogP contribution >= 0.6 is 0 Å². The molecule has 20 heavy (non-hydrogen) atoms. The number of nitrogens with two attached hydrogens (primary N) is 1. The fourth-order valence-corrected chi connectivity index (χ4v) is 1.74. The maximum Gasteiger partial charge on any atom is 0.219 e. The van der Waals surface area contributed by atoms with Gasteiger partial charge < -0.3 is 15.2 Å². The number of aromatic nitrogens is 2. The van der Waals surface area contributed by atoms with Gasteiger partial charge in [0, 0.05) is 18.2 Å². The molecule has 1 atom stereocenters. The summed E-state index contributed by atoms with van der Waals surface area (Å²) in [6, 6.07) is 11.3. The van der Waals surface area contributed by atoms with Crippen LogP contribution in [0.5, 0.6) is 5.88 Å². The number of rotatable bonds is 6. The maximum atomic E-state index is 5.81. The maximum absolute atomic E-state index is 5.81. The minimum Gasteiger partial charge on any atom is -0.472 e. The van der Waals surface area contributed by atoms with E-state index >= 15 is 0 Å². The number of anilines is 1. The second kappa shape index (κ2) is 6.86. The molecule has 0 aliphatic carbocycles. The molecule has 1 unspecified atom stereocenters. The smallest absolute Gasteiger partial charge is 0.219 e. The third-order valence-corrected chi connectivity index (χ3v) is 2.63. The Balaban J connectivity index is 2.17. The van der Waals surface area contributed by atoms with E-state index in [4.69, 9.17) is 15.2 Å². The minimum atomic E-state index is -0.0899. The lowest BCUT2D eigenvalue weighted by Crippen LogP contribution is -2.20. The van der Waals surface area contributed by atoms with Gasteiger partial charge in [-0.05, 0) is 13.8 Å². The van der Waals surface area contributed by atoms with Crippen molar-refractivity contribution >= 4 is 5.82 Å². The van der Waals surface area contributed by atoms with E-state index in [9.17, 15) is 0 Å². The SMILES string of the molecule is CCOCC(C)Oc1cc(N)nc(-c2ccccc2)n1. The lowest BCUT2D eigenvalue weighted by atomic mass is 10.2. The van der Waals surface area contributed by atoms with Crippen LogP contribution in [0.15, 0.2) is 36.4 Å². The third kappa shape index (κ3) is 3.93. The molecule has 0 saturated carbocycles. The van der Waals surface area contributed by atoms with E-state index in [1.54, 1.807) is 6.07 Å². The summed E-state index contributed by atoms with van der Waals surface area (Å²) in [5.74, 6) is 1.41. The van der Waals surface area contributed by atoms with Crippen LogP contribution in [-0.2, 0) is 4.74 Å². The first-order valence-corrected chi connectivity index (χ1v) is 6.63. The number of nitrogens with zero attached hydrogens (tertiary/aromatic N) is 2. The first-order valence-electron chi connectivity index (χ1n) is 6.63. The molecule has 0 aliphatic heterocycles. The first-order chi connectivity index (χ1) is 9.69. The highest BCUT2D eigenvalue weighted by molar-refractivity contribution is 5.57. The van der Waals surface area contributed by atoms with Gasteiger partial charge in [-0.25, -0.2) is 4.98 Å². The molecule has 1 aromatic carbocycles. The normalized spacial score (nSPS) is 12.1. The van der Waals surface area contributed by atoms with Gasteiger partial charge in [0.05, 0.1) is 6.61 Å². The highest BCUT2D eigenvalue weighted by atomic mass is 16.5. The average Bonchev–Trinajstić information content (AvgIpc) is 2.45. The molecule has 1 heterocycles. The molecule has 0 amide bonds. The van der Waals surface area contributed by atoms with Crippen molar-refractivity contribution in [3.8, 4) is 17.3 Å². The Hall–Kier alpha value is -2.14. The summed E-state index contributed by atoms with van der Waals surface area (Å²) in [5.41, 5.74) is 6.71. The second-order valence-corrected chi connectivity index (χ2v) is 4.41. The number of ether oxygens (including phenoxy) is 2. The van der Waals surface area contributed by atoms with E-state index in [-0.39, 0.29) is 6.10 Å². The highest BCUT2D eigenvalue weighted by Crippen LogP contribution is 2.20. The Morgan fingerprint density at radius 2 is 1.95 bits per heavy atom. The van der Waals surface area contributed by atoms with Crippen molar-refractivity contribution in [3.05, 3.63) is 36.4 Å². The zero-order chi connectivity index (χ0) is 14.4. The Bertz CT molecular complexity index is 546. The van der Waals surface area contributed by atoms with Crippen molar-refractivity contribution in [2.45, 2.75) is 20.0 Å². The standard InChI is InChI=1S/C15H19N3O2/c1-3-19-10-11(2)20-14-9-13(16)17-15(18-14)12-7-5-4-6-8-12/h4-9,11H,3,10H2,1-2H3,(H2,16,17,18). The molecular weight excluding hydrogens is 254 g/mol. The number of hydrogen-bond acceptors (Lipinski definition) is 5. The predicted octanol–water partition coefficient (Wildman–Crippen LogP) is 2.53. The third-order valence-electron chi connectivity index (χ3n) is 2.63. The van der Waals surface area contributed by atoms with Crippen LogP contribution in [0.25, 0.3) is 11.4 Å². The highest BCUT2D eigenvalue weighted by Gasteiger charge is 2.09. The van der Waals surface area contributed by atoms with E-state index in [1.807, 2.05) is 44.2 Å². The van der Waals surface area contributed by atoms with Gasteiger partial charge in [-0.3, -0.25) is 0 Å². The molecule has 106 valence electrons. The van der Waals surface area contributed by atoms with Gasteiger partial charge in [-0.2, -0.15) is 4.98 Å². The molecular formula is C15H19N3O2. The van der Waals surface area contributed by atoms with Gasteiger partial charge in [-0.15, -0.1) is 0 Å². The van der Waals surface area contributed by atoms with Gasteiger partial charge in [0.25, 0.3) is 0 Å². The van der Waals surface area contributed by atoms with Crippen molar-refractivity contribution in [3.63, 3.8) is 0 Å². The first kappa shape index (κ1) is 14.3. The number of nitrogen functional groups attached to an aromatic ring is 1. The molecule has 0 saturated heterocycles. The van der Waals surface area contributed by atoms with Crippen molar-refractivity contribution in [1.29, 1.82) is 0 Å². The van der Waals surface area contributed by atoms with Gasteiger partial charge in [0.15, 0.2) is 5.82 Å². The van der Waals surface area contributed by atoms with E-state index in [1.165, 1.54) is 0 Å². The Morgan fingerprint density at radius 1 is 1.20 bits per heavy atom. The van der Waals surface area contributed by atoms with Gasteiger partial charge in [0.2, 0.25) is 5.88 Å².